The van der Waals surface area contributed by atoms with Crippen molar-refractivity contribution in [3.63, 3.8) is 0 Å². The van der Waals surface area contributed by atoms with E-state index >= 15 is 0 Å². The van der Waals surface area contributed by atoms with Crippen molar-refractivity contribution in [1.29, 1.82) is 0 Å². The Balaban J connectivity index is 0.000000129. The van der Waals surface area contributed by atoms with Gasteiger partial charge in [0.1, 0.15) is 17.2 Å². The molecule has 0 saturated heterocycles. The average molecular weight is 1260 g/mol. The molecule has 0 spiro atoms. The van der Waals surface area contributed by atoms with E-state index in [0.29, 0.717) is 95.2 Å². The SMILES string of the molecule is COc1ccc2c3c(ccc(-c4ccc(-c5ccncc5)cc4)c13)C(=O)N(C)C2=O.COc1ccc2c3c(ccc(-c4ccccc4)c13)C(=O)N(C)C2=O.COc1ccc2c3c(ccc(-c4nc(-c5ccccc5)nc(-c5ccc(-c6ccccc6)cc5)n4)c13)C(=O)N(C)C2=O. The van der Waals surface area contributed by atoms with Gasteiger partial charge in [-0.2, -0.15) is 0 Å². The molecule has 11 aromatic carbocycles. The van der Waals surface area contributed by atoms with E-state index in [1.165, 1.54) is 21.1 Å². The quantitative estimate of drug-likeness (QED) is 0.118. The molecule has 0 N–H and O–H groups in total. The lowest BCUT2D eigenvalue weighted by Crippen LogP contribution is -2.36. The second-order valence-corrected chi connectivity index (χ2v) is 23.0. The molecule has 0 radical (unpaired) electrons. The number of imide groups is 3. The summed E-state index contributed by atoms with van der Waals surface area (Å²) in [6.45, 7) is 0. The fourth-order valence-electron chi connectivity index (χ4n) is 12.8. The fraction of sp³-hybridized carbons (Fsp3) is 0.0750. The molecule has 0 bridgehead atoms. The molecule has 16 nitrogen and oxygen atoms in total. The highest BCUT2D eigenvalue weighted by Crippen LogP contribution is 2.45. The molecule has 13 aromatic rings. The number of methoxy groups -OCH3 is 3. The number of rotatable bonds is 10. The summed E-state index contributed by atoms with van der Waals surface area (Å²) in [5, 5.41) is 4.04. The van der Waals surface area contributed by atoms with Gasteiger partial charge in [-0.1, -0.05) is 152 Å². The number of hydrogen-bond acceptors (Lipinski definition) is 13. The van der Waals surface area contributed by atoms with Gasteiger partial charge in [-0.15, -0.1) is 0 Å². The maximum atomic E-state index is 13.1. The van der Waals surface area contributed by atoms with Crippen LogP contribution in [0.5, 0.6) is 17.2 Å². The Morgan fingerprint density at radius 1 is 0.240 bits per heavy atom. The molecular weight excluding hydrogens is 1200 g/mol. The van der Waals surface area contributed by atoms with Gasteiger partial charge in [0.05, 0.1) is 21.3 Å². The normalized spacial score (nSPS) is 13.0. The van der Waals surface area contributed by atoms with E-state index in [4.69, 9.17) is 29.2 Å². The van der Waals surface area contributed by atoms with Gasteiger partial charge < -0.3 is 14.2 Å². The summed E-state index contributed by atoms with van der Waals surface area (Å²) in [7, 11) is 9.26. The van der Waals surface area contributed by atoms with E-state index < -0.39 is 0 Å². The number of nitrogens with zero attached hydrogens (tertiary/aromatic N) is 7. The van der Waals surface area contributed by atoms with Gasteiger partial charge in [0, 0.05) is 116 Å². The fourth-order valence-corrected chi connectivity index (χ4v) is 12.8. The molecule has 0 unspecified atom stereocenters. The Morgan fingerprint density at radius 2 is 0.490 bits per heavy atom. The van der Waals surface area contributed by atoms with Crippen LogP contribution in [0.15, 0.2) is 237 Å². The zero-order valence-electron chi connectivity index (χ0n) is 52.8. The van der Waals surface area contributed by atoms with Crippen molar-refractivity contribution in [3.05, 3.63) is 270 Å². The van der Waals surface area contributed by atoms with Crippen LogP contribution in [0.4, 0.5) is 0 Å². The van der Waals surface area contributed by atoms with Crippen molar-refractivity contribution < 1.29 is 43.0 Å². The smallest absolute Gasteiger partial charge is 0.261 e. The van der Waals surface area contributed by atoms with Crippen molar-refractivity contribution in [1.82, 2.24) is 34.6 Å². The van der Waals surface area contributed by atoms with Crippen LogP contribution in [-0.4, -0.2) is 113 Å². The topological polar surface area (TPSA) is 191 Å². The predicted molar refractivity (Wildman–Crippen MR) is 370 cm³/mol. The summed E-state index contributed by atoms with van der Waals surface area (Å²) in [5.41, 5.74) is 13.5. The number of pyridine rings is 1. The van der Waals surface area contributed by atoms with E-state index in [1.54, 1.807) is 88.3 Å². The molecule has 16 rings (SSSR count). The van der Waals surface area contributed by atoms with Gasteiger partial charge in [0.2, 0.25) is 0 Å². The van der Waals surface area contributed by atoms with Crippen LogP contribution in [0.2, 0.25) is 0 Å². The standard InChI is InChI=1S/C35H24N4O3.C25H18N2O3.C20H15NO3/c1-39-34(40)26-18-17-25(30-28(42-2)20-19-27(29(26)30)35(39)41)33-37-31(23-11-7-4-8-12-23)36-32(38-33)24-15-13-22(14-16-24)21-9-5-3-6-10-21;1-27-24(28)19-8-7-18(23-21(30-2)10-9-20(22(19)23)25(27)29)17-5-3-15(4-6-17)16-11-13-26-14-12-16;1-21-19(22)14-9-8-13(12-6-4-3-5-7-12)18-16(24-2)11-10-15(17(14)18)20(21)23/h3-20H,1-2H3;3-14H,1-2H3;3-11H,1-2H3. The summed E-state index contributed by atoms with van der Waals surface area (Å²) in [5.74, 6) is 1.33. The Labute approximate surface area is 551 Å². The van der Waals surface area contributed by atoms with Gasteiger partial charge in [-0.25, -0.2) is 15.0 Å². The maximum absolute atomic E-state index is 13.1. The zero-order valence-corrected chi connectivity index (χ0v) is 52.8. The number of benzene rings is 11. The van der Waals surface area contributed by atoms with E-state index in [2.05, 4.69) is 41.4 Å². The lowest BCUT2D eigenvalue weighted by molar-refractivity contribution is 0.0635. The summed E-state index contributed by atoms with van der Waals surface area (Å²) >= 11 is 0. The number of aromatic nitrogens is 4. The van der Waals surface area contributed by atoms with Crippen molar-refractivity contribution in [2.24, 2.45) is 0 Å². The van der Waals surface area contributed by atoms with E-state index in [9.17, 15) is 28.8 Å². The summed E-state index contributed by atoms with van der Waals surface area (Å²) in [6, 6.07) is 71.4. The first kappa shape index (κ1) is 60.7. The molecule has 466 valence electrons. The Morgan fingerprint density at radius 3 is 0.865 bits per heavy atom. The summed E-state index contributed by atoms with van der Waals surface area (Å²) < 4.78 is 16.9. The maximum Gasteiger partial charge on any atom is 0.261 e. The molecule has 3 aliphatic rings. The van der Waals surface area contributed by atoms with Crippen molar-refractivity contribution in [3.8, 4) is 95.9 Å². The third-order valence-electron chi connectivity index (χ3n) is 17.7. The molecule has 0 aliphatic carbocycles. The van der Waals surface area contributed by atoms with Gasteiger partial charge in [-0.3, -0.25) is 48.5 Å². The van der Waals surface area contributed by atoms with E-state index in [-0.39, 0.29) is 35.4 Å². The molecule has 5 heterocycles. The highest BCUT2D eigenvalue weighted by molar-refractivity contribution is 6.30. The monoisotopic (exact) mass is 1260 g/mol. The van der Waals surface area contributed by atoms with Crippen LogP contribution < -0.4 is 14.2 Å². The molecule has 6 amide bonds. The van der Waals surface area contributed by atoms with Crippen molar-refractivity contribution in [2.45, 2.75) is 0 Å². The number of amides is 6. The first-order chi connectivity index (χ1) is 46.8. The minimum atomic E-state index is -0.364. The zero-order chi connectivity index (χ0) is 66.5. The van der Waals surface area contributed by atoms with Crippen LogP contribution in [0, 0.1) is 0 Å². The molecule has 3 aliphatic heterocycles. The largest absolute Gasteiger partial charge is 0.496 e. The van der Waals surface area contributed by atoms with Gasteiger partial charge in [0.25, 0.3) is 35.4 Å². The lowest BCUT2D eigenvalue weighted by atomic mass is 9.88. The summed E-state index contributed by atoms with van der Waals surface area (Å²) in [4.78, 5) is 98.9. The van der Waals surface area contributed by atoms with Crippen LogP contribution in [0.1, 0.15) is 62.1 Å². The second kappa shape index (κ2) is 25.0. The van der Waals surface area contributed by atoms with E-state index in [0.717, 1.165) is 81.1 Å². The molecule has 2 aromatic heterocycles. The first-order valence-electron chi connectivity index (χ1n) is 30.7. The predicted octanol–water partition coefficient (Wildman–Crippen LogP) is 15.5. The molecule has 96 heavy (non-hydrogen) atoms. The Bertz CT molecular complexity index is 5280. The second-order valence-electron chi connectivity index (χ2n) is 23.0. The molecule has 0 saturated carbocycles. The van der Waals surface area contributed by atoms with Gasteiger partial charge >= 0.3 is 0 Å². The first-order valence-corrected chi connectivity index (χ1v) is 30.7. The van der Waals surface area contributed by atoms with Crippen LogP contribution in [0.25, 0.3) is 111 Å². The number of hydrogen-bond donors (Lipinski definition) is 0. The molecular formula is C80H57N7O9. The highest BCUT2D eigenvalue weighted by Gasteiger charge is 2.36. The van der Waals surface area contributed by atoms with Gasteiger partial charge in [0.15, 0.2) is 17.5 Å². The minimum Gasteiger partial charge on any atom is -0.496 e. The van der Waals surface area contributed by atoms with Crippen molar-refractivity contribution >= 4 is 67.8 Å². The van der Waals surface area contributed by atoms with Crippen LogP contribution >= 0.6 is 0 Å². The summed E-state index contributed by atoms with van der Waals surface area (Å²) in [6.07, 6.45) is 3.54. The number of ether oxygens (including phenoxy) is 3. The lowest BCUT2D eigenvalue weighted by Gasteiger charge is -2.25. The molecule has 16 heteroatoms. The third-order valence-corrected chi connectivity index (χ3v) is 17.7. The molecule has 0 atom stereocenters. The van der Waals surface area contributed by atoms with Gasteiger partial charge in [-0.05, 0) is 117 Å². The Hall–Kier alpha value is -12.8. The highest BCUT2D eigenvalue weighted by atomic mass is 16.5. The average Bonchev–Trinajstić information content (AvgIpc) is 0.744. The van der Waals surface area contributed by atoms with E-state index in [1.807, 2.05) is 133 Å². The number of carbonyl (C=O) groups excluding carboxylic acids is 6. The number of carbonyl (C=O) groups is 6. The Kier molecular flexibility index (Phi) is 15.8. The van der Waals surface area contributed by atoms with Crippen LogP contribution in [0.3, 0.4) is 0 Å². The minimum absolute atomic E-state index is 0.287. The van der Waals surface area contributed by atoms with Crippen molar-refractivity contribution in [2.75, 3.05) is 42.5 Å². The molecule has 0 fully saturated rings. The van der Waals surface area contributed by atoms with Crippen LogP contribution in [-0.2, 0) is 0 Å². The third kappa shape index (κ3) is 10.5.